The molecule has 138 valence electrons. The molecule has 5 nitrogen and oxygen atoms in total. The van der Waals surface area contributed by atoms with Crippen LogP contribution in [0.2, 0.25) is 5.02 Å². The van der Waals surface area contributed by atoms with E-state index in [2.05, 4.69) is 5.32 Å². The summed E-state index contributed by atoms with van der Waals surface area (Å²) in [4.78, 5) is 14.8. The molecule has 0 aromatic heterocycles. The fourth-order valence-electron chi connectivity index (χ4n) is 3.49. The molecule has 3 atom stereocenters. The molecule has 1 amide bonds. The Bertz CT molecular complexity index is 578. The average Bonchev–Trinajstić information content (AvgIpc) is 2.67. The Kier molecular flexibility index (Phi) is 6.70. The zero-order valence-electron chi connectivity index (χ0n) is 14.7. The maximum absolute atomic E-state index is 13.0. The summed E-state index contributed by atoms with van der Waals surface area (Å²) in [5, 5.41) is 4.05. The van der Waals surface area contributed by atoms with Crippen LogP contribution in [0.1, 0.15) is 37.8 Å². The molecule has 25 heavy (non-hydrogen) atoms. The third-order valence-electron chi connectivity index (χ3n) is 4.94. The predicted molar refractivity (Wildman–Crippen MR) is 97.8 cm³/mol. The van der Waals surface area contributed by atoms with Gasteiger partial charge in [0.2, 0.25) is 0 Å². The first-order valence-electron chi connectivity index (χ1n) is 9.15. The van der Waals surface area contributed by atoms with Gasteiger partial charge in [-0.1, -0.05) is 29.8 Å². The van der Waals surface area contributed by atoms with Gasteiger partial charge < -0.3 is 19.7 Å². The number of carbonyl (C=O) groups excluding carboxylic acids is 1. The number of rotatable bonds is 5. The molecule has 0 bridgehead atoms. The normalized spacial score (nSPS) is 25.6. The van der Waals surface area contributed by atoms with Gasteiger partial charge in [-0.2, -0.15) is 0 Å². The molecule has 3 unspecified atom stereocenters. The van der Waals surface area contributed by atoms with Crippen molar-refractivity contribution in [1.29, 1.82) is 0 Å². The van der Waals surface area contributed by atoms with Crippen molar-refractivity contribution in [3.63, 3.8) is 0 Å². The van der Waals surface area contributed by atoms with Crippen molar-refractivity contribution < 1.29 is 14.3 Å². The van der Waals surface area contributed by atoms with E-state index in [1.54, 1.807) is 0 Å². The quantitative estimate of drug-likeness (QED) is 0.870. The van der Waals surface area contributed by atoms with Gasteiger partial charge in [0.05, 0.1) is 18.8 Å². The Morgan fingerprint density at radius 3 is 3.04 bits per heavy atom. The highest BCUT2D eigenvalue weighted by Gasteiger charge is 2.32. The monoisotopic (exact) mass is 366 g/mol. The van der Waals surface area contributed by atoms with Crippen molar-refractivity contribution >= 4 is 17.5 Å². The van der Waals surface area contributed by atoms with Crippen molar-refractivity contribution in [2.75, 3.05) is 32.8 Å². The van der Waals surface area contributed by atoms with Crippen LogP contribution in [-0.4, -0.2) is 55.9 Å². The van der Waals surface area contributed by atoms with Gasteiger partial charge in [-0.15, -0.1) is 0 Å². The second kappa shape index (κ2) is 8.99. The maximum Gasteiger partial charge on any atom is 0.252 e. The van der Waals surface area contributed by atoms with Crippen LogP contribution in [0, 0.1) is 0 Å². The first-order chi connectivity index (χ1) is 12.2. The first-order valence-corrected chi connectivity index (χ1v) is 9.53. The average molecular weight is 367 g/mol. The topological polar surface area (TPSA) is 50.8 Å². The summed E-state index contributed by atoms with van der Waals surface area (Å²) < 4.78 is 11.5. The highest BCUT2D eigenvalue weighted by molar-refractivity contribution is 6.31. The molecule has 2 aliphatic rings. The molecule has 0 spiro atoms. The van der Waals surface area contributed by atoms with Crippen LogP contribution in [-0.2, 0) is 14.3 Å². The van der Waals surface area contributed by atoms with E-state index < -0.39 is 6.10 Å². The lowest BCUT2D eigenvalue weighted by molar-refractivity contribution is -0.149. The van der Waals surface area contributed by atoms with E-state index in [4.69, 9.17) is 21.1 Å². The van der Waals surface area contributed by atoms with Crippen LogP contribution in [0.25, 0.3) is 0 Å². The molecule has 0 saturated carbocycles. The number of piperazine rings is 1. The summed E-state index contributed by atoms with van der Waals surface area (Å²) in [6.45, 7) is 5.25. The van der Waals surface area contributed by atoms with E-state index in [9.17, 15) is 4.79 Å². The minimum atomic E-state index is -0.478. The van der Waals surface area contributed by atoms with Crippen LogP contribution in [0.5, 0.6) is 0 Å². The van der Waals surface area contributed by atoms with Gasteiger partial charge in [0.1, 0.15) is 6.10 Å². The summed E-state index contributed by atoms with van der Waals surface area (Å²) in [7, 11) is 0. The number of amides is 1. The highest BCUT2D eigenvalue weighted by atomic mass is 35.5. The van der Waals surface area contributed by atoms with E-state index in [-0.39, 0.29) is 18.1 Å². The van der Waals surface area contributed by atoms with Crippen molar-refractivity contribution in [2.24, 2.45) is 0 Å². The van der Waals surface area contributed by atoms with E-state index in [0.717, 1.165) is 31.6 Å². The zero-order valence-corrected chi connectivity index (χ0v) is 15.5. The Morgan fingerprint density at radius 2 is 2.28 bits per heavy atom. The van der Waals surface area contributed by atoms with E-state index in [0.29, 0.717) is 24.7 Å². The molecule has 1 N–H and O–H groups in total. The lowest BCUT2D eigenvalue weighted by Crippen LogP contribution is -2.52. The van der Waals surface area contributed by atoms with Crippen LogP contribution in [0.15, 0.2) is 24.3 Å². The van der Waals surface area contributed by atoms with Crippen LogP contribution < -0.4 is 5.32 Å². The highest BCUT2D eigenvalue weighted by Crippen LogP contribution is 2.29. The number of benzene rings is 1. The fraction of sp³-hybridized carbons (Fsp3) is 0.632. The van der Waals surface area contributed by atoms with E-state index >= 15 is 0 Å². The molecule has 2 aliphatic heterocycles. The van der Waals surface area contributed by atoms with Gasteiger partial charge in [0.25, 0.3) is 5.91 Å². The Hall–Kier alpha value is -1.14. The minimum absolute atomic E-state index is 0.0160. The third kappa shape index (κ3) is 4.73. The summed E-state index contributed by atoms with van der Waals surface area (Å²) in [5.41, 5.74) is 0.979. The molecule has 3 rings (SSSR count). The second-order valence-electron chi connectivity index (χ2n) is 6.74. The molecule has 1 aromatic rings. The number of hydrogen-bond acceptors (Lipinski definition) is 4. The van der Waals surface area contributed by atoms with Gasteiger partial charge in [0.15, 0.2) is 0 Å². The van der Waals surface area contributed by atoms with Crippen molar-refractivity contribution in [2.45, 2.75) is 44.4 Å². The number of hydrogen-bond donors (Lipinski definition) is 1. The van der Waals surface area contributed by atoms with Crippen molar-refractivity contribution in [3.05, 3.63) is 34.9 Å². The largest absolute Gasteiger partial charge is 0.376 e. The Balaban J connectivity index is 1.62. The summed E-state index contributed by atoms with van der Waals surface area (Å²) in [5.74, 6) is 0.0160. The fourth-order valence-corrected chi connectivity index (χ4v) is 3.75. The second-order valence-corrected chi connectivity index (χ2v) is 7.14. The molecule has 2 saturated heterocycles. The number of carbonyl (C=O) groups is 1. The summed E-state index contributed by atoms with van der Waals surface area (Å²) in [6.07, 6.45) is 2.94. The Morgan fingerprint density at radius 1 is 1.44 bits per heavy atom. The van der Waals surface area contributed by atoms with Crippen molar-refractivity contribution in [3.8, 4) is 0 Å². The van der Waals surface area contributed by atoms with Gasteiger partial charge in [-0.25, -0.2) is 0 Å². The third-order valence-corrected chi connectivity index (χ3v) is 5.29. The van der Waals surface area contributed by atoms with Gasteiger partial charge in [-0.3, -0.25) is 4.79 Å². The number of ether oxygens (including phenoxy) is 2. The molecule has 6 heteroatoms. The number of nitrogens with zero attached hydrogens (tertiary/aromatic N) is 1. The molecule has 0 aliphatic carbocycles. The number of halogens is 1. The molecular formula is C19H27ClN2O3. The van der Waals surface area contributed by atoms with Crippen LogP contribution in [0.4, 0.5) is 0 Å². The lowest BCUT2D eigenvalue weighted by atomic mass is 10.0. The minimum Gasteiger partial charge on any atom is -0.376 e. The number of nitrogens with one attached hydrogen (secondary N) is 1. The first kappa shape index (κ1) is 18.6. The van der Waals surface area contributed by atoms with Gasteiger partial charge in [-0.05, 0) is 37.8 Å². The summed E-state index contributed by atoms with van der Waals surface area (Å²) in [6, 6.07) is 7.66. The van der Waals surface area contributed by atoms with Crippen LogP contribution in [0.3, 0.4) is 0 Å². The predicted octanol–water partition coefficient (Wildman–Crippen LogP) is 2.79. The zero-order chi connectivity index (χ0) is 17.6. The van der Waals surface area contributed by atoms with Gasteiger partial charge >= 0.3 is 0 Å². The molecular weight excluding hydrogens is 340 g/mol. The molecule has 1 aromatic carbocycles. The molecule has 0 radical (unpaired) electrons. The maximum atomic E-state index is 13.0. The standard InChI is InChI=1S/C19H27ClN2O3/c1-14(25-13-15-6-4-5-11-24-15)19(23)22-10-9-21-12-18(22)16-7-2-3-8-17(16)20/h2-3,7-8,14-15,18,21H,4-6,9-13H2,1H3. The van der Waals surface area contributed by atoms with Gasteiger partial charge in [0, 0.05) is 31.3 Å². The smallest absolute Gasteiger partial charge is 0.252 e. The molecule has 2 fully saturated rings. The Labute approximate surface area is 154 Å². The molecule has 2 heterocycles. The lowest BCUT2D eigenvalue weighted by Gasteiger charge is -2.38. The van der Waals surface area contributed by atoms with E-state index in [1.165, 1.54) is 6.42 Å². The SMILES string of the molecule is CC(OCC1CCCCO1)C(=O)N1CCNCC1c1ccccc1Cl. The van der Waals surface area contributed by atoms with Crippen LogP contribution >= 0.6 is 11.6 Å². The van der Waals surface area contributed by atoms with E-state index in [1.807, 2.05) is 36.1 Å². The van der Waals surface area contributed by atoms with Crippen molar-refractivity contribution in [1.82, 2.24) is 10.2 Å². The summed E-state index contributed by atoms with van der Waals surface area (Å²) >= 11 is 6.36.